The molecule has 1 aliphatic heterocycles. The van der Waals surface area contributed by atoms with Crippen LogP contribution in [0.2, 0.25) is 0 Å². The van der Waals surface area contributed by atoms with Gasteiger partial charge in [-0.25, -0.2) is 14.8 Å². The van der Waals surface area contributed by atoms with Crippen LogP contribution < -0.4 is 10.2 Å². The third-order valence-corrected chi connectivity index (χ3v) is 6.43. The summed E-state index contributed by atoms with van der Waals surface area (Å²) >= 11 is 1.15. The number of piperidine rings is 1. The molecular weight excluding hydrogens is 444 g/mol. The molecule has 4 heterocycles. The third-order valence-electron chi connectivity index (χ3n) is 5.48. The second kappa shape index (κ2) is 9.22. The number of carbonyl (C=O) groups excluding carboxylic acids is 2. The van der Waals surface area contributed by atoms with Gasteiger partial charge < -0.3 is 15.0 Å². The van der Waals surface area contributed by atoms with Crippen molar-refractivity contribution < 1.29 is 14.3 Å². The van der Waals surface area contributed by atoms with E-state index >= 15 is 0 Å². The molecule has 0 spiro atoms. The Morgan fingerprint density at radius 3 is 2.58 bits per heavy atom. The molecule has 0 aliphatic carbocycles. The lowest BCUT2D eigenvalue weighted by molar-refractivity contribution is -0.120. The van der Waals surface area contributed by atoms with Gasteiger partial charge in [-0.2, -0.15) is 5.21 Å². The Kier molecular flexibility index (Phi) is 6.36. The normalized spacial score (nSPS) is 14.8. The first-order valence-electron chi connectivity index (χ1n) is 10.6. The average Bonchev–Trinajstić information content (AvgIpc) is 3.49. The first-order valence-corrected chi connectivity index (χ1v) is 11.4. The zero-order valence-electron chi connectivity index (χ0n) is 19.0. The number of aromatic amines is 1. The Morgan fingerprint density at radius 1 is 1.24 bits per heavy atom. The summed E-state index contributed by atoms with van der Waals surface area (Å²) in [5, 5.41) is 17.2. The molecule has 12 heteroatoms. The van der Waals surface area contributed by atoms with Crippen molar-refractivity contribution in [3.63, 3.8) is 0 Å². The molecule has 0 unspecified atom stereocenters. The number of nitrogens with one attached hydrogen (secondary N) is 2. The summed E-state index contributed by atoms with van der Waals surface area (Å²) in [6.45, 7) is 7.34. The number of H-pyrrole nitrogens is 1. The zero-order chi connectivity index (χ0) is 23.6. The van der Waals surface area contributed by atoms with E-state index < -0.39 is 5.97 Å². The fourth-order valence-corrected chi connectivity index (χ4v) is 4.78. The van der Waals surface area contributed by atoms with Gasteiger partial charge in [0, 0.05) is 36.2 Å². The van der Waals surface area contributed by atoms with Crippen LogP contribution in [0.3, 0.4) is 0 Å². The summed E-state index contributed by atoms with van der Waals surface area (Å²) in [6, 6.07) is 3.82. The number of aromatic nitrogens is 6. The molecule has 11 nitrogen and oxygen atoms in total. The van der Waals surface area contributed by atoms with E-state index in [9.17, 15) is 9.59 Å². The van der Waals surface area contributed by atoms with Gasteiger partial charge in [0.25, 0.3) is 0 Å². The van der Waals surface area contributed by atoms with Crippen LogP contribution in [0.15, 0.2) is 18.3 Å². The van der Waals surface area contributed by atoms with Gasteiger partial charge in [0.2, 0.25) is 11.7 Å². The maximum Gasteiger partial charge on any atom is 0.350 e. The molecular formula is C21H26N8O3S. The predicted octanol–water partition coefficient (Wildman–Crippen LogP) is 2.66. The molecule has 3 aromatic heterocycles. The first kappa shape index (κ1) is 22.8. The lowest BCUT2D eigenvalue weighted by atomic mass is 9.91. The lowest BCUT2D eigenvalue weighted by Crippen LogP contribution is -2.38. The van der Waals surface area contributed by atoms with Gasteiger partial charge in [-0.15, -0.1) is 10.2 Å². The van der Waals surface area contributed by atoms with Gasteiger partial charge in [0.1, 0.15) is 10.7 Å². The molecule has 174 valence electrons. The number of anilines is 2. The van der Waals surface area contributed by atoms with E-state index in [1.54, 1.807) is 6.20 Å². The number of carbonyl (C=O) groups is 2. The van der Waals surface area contributed by atoms with Crippen molar-refractivity contribution in [1.82, 2.24) is 30.6 Å². The molecule has 0 radical (unpaired) electrons. The number of rotatable bonds is 5. The van der Waals surface area contributed by atoms with Crippen molar-refractivity contribution >= 4 is 34.2 Å². The molecule has 33 heavy (non-hydrogen) atoms. The standard InChI is InChI=1S/C21H26N8O3S/c1-21(2,3)16-15(19(31)32-4)33-20(23-16)24-18(30)12-7-9-29(10-8-12)14-6-5-13(11-22-14)17-25-27-28-26-17/h5-6,11-12H,7-10H2,1-4H3,(H,23,24,30)(H,25,26,27,28). The number of methoxy groups -OCH3 is 1. The molecule has 0 atom stereocenters. The van der Waals surface area contributed by atoms with Crippen LogP contribution >= 0.6 is 11.3 Å². The van der Waals surface area contributed by atoms with Crippen LogP contribution in [0.4, 0.5) is 10.9 Å². The highest BCUT2D eigenvalue weighted by Crippen LogP contribution is 2.33. The van der Waals surface area contributed by atoms with E-state index in [1.165, 1.54) is 7.11 Å². The number of esters is 1. The number of ether oxygens (including phenoxy) is 1. The summed E-state index contributed by atoms with van der Waals surface area (Å²) in [5.74, 6) is 0.684. The summed E-state index contributed by atoms with van der Waals surface area (Å²) in [5.41, 5.74) is 1.06. The lowest BCUT2D eigenvalue weighted by Gasteiger charge is -2.32. The Morgan fingerprint density at radius 2 is 2.00 bits per heavy atom. The molecule has 1 fully saturated rings. The second-order valence-corrected chi connectivity index (χ2v) is 9.83. The van der Waals surface area contributed by atoms with Crippen LogP contribution in [0.5, 0.6) is 0 Å². The Bertz CT molecular complexity index is 1110. The van der Waals surface area contributed by atoms with Crippen molar-refractivity contribution in [3.05, 3.63) is 28.9 Å². The maximum absolute atomic E-state index is 12.9. The highest BCUT2D eigenvalue weighted by atomic mass is 32.1. The smallest absolute Gasteiger partial charge is 0.350 e. The molecule has 1 aliphatic rings. The number of hydrogen-bond acceptors (Lipinski definition) is 10. The molecule has 3 aromatic rings. The minimum atomic E-state index is -0.441. The van der Waals surface area contributed by atoms with Gasteiger partial charge in [-0.3, -0.25) is 4.79 Å². The van der Waals surface area contributed by atoms with Gasteiger partial charge >= 0.3 is 5.97 Å². The average molecular weight is 471 g/mol. The SMILES string of the molecule is COC(=O)c1sc(NC(=O)C2CCN(c3ccc(-c4nn[nH]n4)cn3)CC2)nc1C(C)(C)C. The number of hydrogen-bond donors (Lipinski definition) is 2. The summed E-state index contributed by atoms with van der Waals surface area (Å²) in [6.07, 6.45) is 3.11. The van der Waals surface area contributed by atoms with E-state index in [0.29, 0.717) is 47.5 Å². The van der Waals surface area contributed by atoms with Gasteiger partial charge in [0.05, 0.1) is 12.8 Å². The Labute approximate surface area is 195 Å². The summed E-state index contributed by atoms with van der Waals surface area (Å²) in [4.78, 5) is 36.6. The van der Waals surface area contributed by atoms with Gasteiger partial charge in [0.15, 0.2) is 5.13 Å². The number of pyridine rings is 1. The number of tetrazole rings is 1. The van der Waals surface area contributed by atoms with E-state index in [4.69, 9.17) is 4.74 Å². The fourth-order valence-electron chi connectivity index (χ4n) is 3.68. The molecule has 1 amide bonds. The number of amides is 1. The van der Waals surface area contributed by atoms with Crippen LogP contribution in [0, 0.1) is 5.92 Å². The largest absolute Gasteiger partial charge is 0.465 e. The minimum absolute atomic E-state index is 0.0827. The quantitative estimate of drug-likeness (QED) is 0.539. The van der Waals surface area contributed by atoms with Crippen molar-refractivity contribution in [2.45, 2.75) is 39.0 Å². The second-order valence-electron chi connectivity index (χ2n) is 8.83. The van der Waals surface area contributed by atoms with Crippen LogP contribution in [-0.4, -0.2) is 62.7 Å². The molecule has 2 N–H and O–H groups in total. The van der Waals surface area contributed by atoms with E-state index in [2.05, 4.69) is 40.8 Å². The Balaban J connectivity index is 1.37. The van der Waals surface area contributed by atoms with E-state index in [-0.39, 0.29) is 17.2 Å². The molecule has 0 aromatic carbocycles. The molecule has 0 bridgehead atoms. The van der Waals surface area contributed by atoms with E-state index in [0.717, 1.165) is 22.7 Å². The fraction of sp³-hybridized carbons (Fsp3) is 0.476. The molecule has 0 saturated carbocycles. The summed E-state index contributed by atoms with van der Waals surface area (Å²) < 4.78 is 4.88. The van der Waals surface area contributed by atoms with Crippen LogP contribution in [-0.2, 0) is 14.9 Å². The third kappa shape index (κ3) is 5.00. The molecule has 1 saturated heterocycles. The topological polar surface area (TPSA) is 139 Å². The van der Waals surface area contributed by atoms with Crippen molar-refractivity contribution in [3.8, 4) is 11.4 Å². The zero-order valence-corrected chi connectivity index (χ0v) is 19.8. The van der Waals surface area contributed by atoms with Gasteiger partial charge in [-0.05, 0) is 30.2 Å². The van der Waals surface area contributed by atoms with E-state index in [1.807, 2.05) is 32.9 Å². The van der Waals surface area contributed by atoms with Crippen molar-refractivity contribution in [1.29, 1.82) is 0 Å². The highest BCUT2D eigenvalue weighted by Gasteiger charge is 2.30. The first-order chi connectivity index (χ1) is 15.8. The monoisotopic (exact) mass is 470 g/mol. The van der Waals surface area contributed by atoms with Crippen LogP contribution in [0.25, 0.3) is 11.4 Å². The van der Waals surface area contributed by atoms with Gasteiger partial charge in [-0.1, -0.05) is 32.1 Å². The predicted molar refractivity (Wildman–Crippen MR) is 123 cm³/mol. The summed E-state index contributed by atoms with van der Waals surface area (Å²) in [7, 11) is 1.34. The number of thiazole rings is 1. The maximum atomic E-state index is 12.9. The van der Waals surface area contributed by atoms with Crippen molar-refractivity contribution in [2.75, 3.05) is 30.4 Å². The highest BCUT2D eigenvalue weighted by molar-refractivity contribution is 7.17. The Hall–Kier alpha value is -3.41. The minimum Gasteiger partial charge on any atom is -0.465 e. The van der Waals surface area contributed by atoms with Crippen LogP contribution in [0.1, 0.15) is 49.0 Å². The number of nitrogens with zero attached hydrogens (tertiary/aromatic N) is 6. The molecule has 4 rings (SSSR count). The van der Waals surface area contributed by atoms with Crippen molar-refractivity contribution in [2.24, 2.45) is 5.92 Å².